The van der Waals surface area contributed by atoms with E-state index >= 15 is 0 Å². The Hall–Kier alpha value is -2.36. The highest BCUT2D eigenvalue weighted by Crippen LogP contribution is 2.24. The second kappa shape index (κ2) is 7.47. The highest BCUT2D eigenvalue weighted by molar-refractivity contribution is 7.89. The van der Waals surface area contributed by atoms with Crippen LogP contribution in [0.3, 0.4) is 0 Å². The molecule has 1 N–H and O–H groups in total. The molecule has 0 aliphatic heterocycles. The minimum atomic E-state index is -4.26. The number of aliphatic hydroxyl groups is 1. The molecule has 2 aromatic carbocycles. The first-order valence-electron chi connectivity index (χ1n) is 6.95. The maximum atomic E-state index is 14.1. The molecule has 0 saturated carbocycles. The highest BCUT2D eigenvalue weighted by atomic mass is 32.2. The fraction of sp³-hybridized carbons (Fsp3) is 0.200. The molecule has 128 valence electrons. The number of non-ortho nitro benzene ring substituents is 1. The molecule has 0 unspecified atom stereocenters. The molecule has 0 aliphatic rings. The lowest BCUT2D eigenvalue weighted by Crippen LogP contribution is -2.33. The molecule has 0 aliphatic carbocycles. The minimum absolute atomic E-state index is 0.0554. The van der Waals surface area contributed by atoms with Gasteiger partial charge in [0.05, 0.1) is 17.6 Å². The van der Waals surface area contributed by atoms with Gasteiger partial charge >= 0.3 is 0 Å². The lowest BCUT2D eigenvalue weighted by Gasteiger charge is -2.21. The van der Waals surface area contributed by atoms with Crippen molar-refractivity contribution in [1.29, 1.82) is 0 Å². The van der Waals surface area contributed by atoms with Gasteiger partial charge in [-0.1, -0.05) is 30.3 Å². The lowest BCUT2D eigenvalue weighted by molar-refractivity contribution is -0.385. The predicted molar refractivity (Wildman–Crippen MR) is 84.2 cm³/mol. The average molecular weight is 354 g/mol. The van der Waals surface area contributed by atoms with Crippen LogP contribution in [0.4, 0.5) is 10.1 Å². The van der Waals surface area contributed by atoms with Crippen LogP contribution in [0.5, 0.6) is 0 Å². The van der Waals surface area contributed by atoms with Gasteiger partial charge in [-0.05, 0) is 11.6 Å². The zero-order chi connectivity index (χ0) is 17.7. The summed E-state index contributed by atoms with van der Waals surface area (Å²) in [5.41, 5.74) is 0.125. The van der Waals surface area contributed by atoms with Gasteiger partial charge in [0.15, 0.2) is 0 Å². The molecular formula is C15H15FN2O5S. The van der Waals surface area contributed by atoms with Crippen LogP contribution in [0.25, 0.3) is 0 Å². The van der Waals surface area contributed by atoms with E-state index in [1.54, 1.807) is 30.3 Å². The molecule has 0 amide bonds. The van der Waals surface area contributed by atoms with Crippen LogP contribution in [0, 0.1) is 15.9 Å². The quantitative estimate of drug-likeness (QED) is 0.605. The third kappa shape index (κ3) is 3.94. The molecule has 2 rings (SSSR count). The number of rotatable bonds is 7. The number of nitro groups is 1. The van der Waals surface area contributed by atoms with Crippen molar-refractivity contribution in [2.45, 2.75) is 11.4 Å². The first-order valence-corrected chi connectivity index (χ1v) is 8.39. The first-order chi connectivity index (χ1) is 11.4. The normalized spacial score (nSPS) is 11.6. The van der Waals surface area contributed by atoms with Gasteiger partial charge in [0, 0.05) is 19.2 Å². The number of sulfonamides is 1. The molecule has 0 fully saturated rings. The van der Waals surface area contributed by atoms with Gasteiger partial charge in [0.25, 0.3) is 5.69 Å². The van der Waals surface area contributed by atoms with Crippen LogP contribution in [-0.2, 0) is 16.6 Å². The summed E-state index contributed by atoms with van der Waals surface area (Å²) in [5.74, 6) is -1.21. The molecule has 0 spiro atoms. The summed E-state index contributed by atoms with van der Waals surface area (Å²) in [6, 6.07) is 11.0. The summed E-state index contributed by atoms with van der Waals surface area (Å²) in [7, 11) is -4.26. The van der Waals surface area contributed by atoms with E-state index in [0.29, 0.717) is 11.6 Å². The second-order valence-corrected chi connectivity index (χ2v) is 6.83. The Bertz CT molecular complexity index is 827. The smallest absolute Gasteiger partial charge is 0.272 e. The van der Waals surface area contributed by atoms with Crippen molar-refractivity contribution in [1.82, 2.24) is 4.31 Å². The zero-order valence-corrected chi connectivity index (χ0v) is 13.3. The summed E-state index contributed by atoms with van der Waals surface area (Å²) in [6.07, 6.45) is 0. The monoisotopic (exact) mass is 354 g/mol. The van der Waals surface area contributed by atoms with Gasteiger partial charge in [-0.3, -0.25) is 10.1 Å². The van der Waals surface area contributed by atoms with Gasteiger partial charge < -0.3 is 5.11 Å². The van der Waals surface area contributed by atoms with E-state index in [4.69, 9.17) is 5.11 Å². The van der Waals surface area contributed by atoms with Crippen molar-refractivity contribution in [3.8, 4) is 0 Å². The topological polar surface area (TPSA) is 101 Å². The number of nitro benzene ring substituents is 1. The van der Waals surface area contributed by atoms with E-state index in [-0.39, 0.29) is 13.1 Å². The van der Waals surface area contributed by atoms with Crippen LogP contribution >= 0.6 is 0 Å². The summed E-state index contributed by atoms with van der Waals surface area (Å²) in [5, 5.41) is 19.8. The van der Waals surface area contributed by atoms with Crippen molar-refractivity contribution in [3.05, 3.63) is 70.0 Å². The zero-order valence-electron chi connectivity index (χ0n) is 12.5. The Labute approximate surface area is 138 Å². The molecule has 2 aromatic rings. The Morgan fingerprint density at radius 2 is 1.83 bits per heavy atom. The fourth-order valence-electron chi connectivity index (χ4n) is 2.13. The van der Waals surface area contributed by atoms with E-state index in [1.807, 2.05) is 0 Å². The maximum absolute atomic E-state index is 14.1. The van der Waals surface area contributed by atoms with Crippen LogP contribution < -0.4 is 0 Å². The number of benzene rings is 2. The number of aliphatic hydroxyl groups excluding tert-OH is 1. The van der Waals surface area contributed by atoms with Crippen LogP contribution in [0.1, 0.15) is 5.56 Å². The molecule has 0 heterocycles. The SMILES string of the molecule is O=[N+]([O-])c1ccc(S(=O)(=O)N(CCO)Cc2ccccc2)c(F)c1. The Morgan fingerprint density at radius 1 is 1.17 bits per heavy atom. The van der Waals surface area contributed by atoms with E-state index in [2.05, 4.69) is 0 Å². The van der Waals surface area contributed by atoms with Crippen molar-refractivity contribution < 1.29 is 22.8 Å². The average Bonchev–Trinajstić information content (AvgIpc) is 2.55. The first kappa shape index (κ1) is 18.0. The van der Waals surface area contributed by atoms with Crippen LogP contribution in [0.15, 0.2) is 53.4 Å². The van der Waals surface area contributed by atoms with E-state index < -0.39 is 38.0 Å². The lowest BCUT2D eigenvalue weighted by atomic mass is 10.2. The molecule has 0 bridgehead atoms. The molecule has 7 nitrogen and oxygen atoms in total. The predicted octanol–water partition coefficient (Wildman–Crippen LogP) is 1.92. The third-order valence-corrected chi connectivity index (χ3v) is 5.17. The Kier molecular flexibility index (Phi) is 5.60. The number of nitrogens with zero attached hydrogens (tertiary/aromatic N) is 2. The Morgan fingerprint density at radius 3 is 2.38 bits per heavy atom. The number of hydrogen-bond donors (Lipinski definition) is 1. The van der Waals surface area contributed by atoms with Gasteiger partial charge in [0.2, 0.25) is 10.0 Å². The Balaban J connectivity index is 2.39. The fourth-order valence-corrected chi connectivity index (χ4v) is 3.60. The van der Waals surface area contributed by atoms with E-state index in [1.165, 1.54) is 0 Å². The molecule has 0 saturated heterocycles. The van der Waals surface area contributed by atoms with Gasteiger partial charge in [-0.15, -0.1) is 0 Å². The maximum Gasteiger partial charge on any atom is 0.272 e. The standard InChI is InChI=1S/C15H15FN2O5S/c16-14-10-13(18(20)21)6-7-15(14)24(22,23)17(8-9-19)11-12-4-2-1-3-5-12/h1-7,10,19H,8-9,11H2. The molecule has 0 radical (unpaired) electrons. The largest absolute Gasteiger partial charge is 0.395 e. The van der Waals surface area contributed by atoms with E-state index in [0.717, 1.165) is 16.4 Å². The summed E-state index contributed by atoms with van der Waals surface area (Å²) >= 11 is 0. The minimum Gasteiger partial charge on any atom is -0.395 e. The summed E-state index contributed by atoms with van der Waals surface area (Å²) in [6.45, 7) is -0.728. The second-order valence-electron chi connectivity index (χ2n) is 4.92. The van der Waals surface area contributed by atoms with Crippen molar-refractivity contribution in [2.24, 2.45) is 0 Å². The van der Waals surface area contributed by atoms with Crippen molar-refractivity contribution >= 4 is 15.7 Å². The summed E-state index contributed by atoms with van der Waals surface area (Å²) < 4.78 is 40.3. The van der Waals surface area contributed by atoms with Crippen LogP contribution in [-0.4, -0.2) is 35.9 Å². The number of hydrogen-bond acceptors (Lipinski definition) is 5. The molecule has 9 heteroatoms. The third-order valence-electron chi connectivity index (χ3n) is 3.30. The van der Waals surface area contributed by atoms with Gasteiger partial charge in [-0.25, -0.2) is 12.8 Å². The van der Waals surface area contributed by atoms with Crippen molar-refractivity contribution in [2.75, 3.05) is 13.2 Å². The van der Waals surface area contributed by atoms with Crippen molar-refractivity contribution in [3.63, 3.8) is 0 Å². The van der Waals surface area contributed by atoms with E-state index in [9.17, 15) is 22.9 Å². The van der Waals surface area contributed by atoms with Crippen LogP contribution in [0.2, 0.25) is 0 Å². The molecule has 24 heavy (non-hydrogen) atoms. The molecule has 0 aromatic heterocycles. The molecular weight excluding hydrogens is 339 g/mol. The van der Waals surface area contributed by atoms with Gasteiger partial charge in [-0.2, -0.15) is 4.31 Å². The number of halogens is 1. The highest BCUT2D eigenvalue weighted by Gasteiger charge is 2.28. The molecule has 0 atom stereocenters. The van der Waals surface area contributed by atoms with Gasteiger partial charge in [0.1, 0.15) is 10.7 Å². The summed E-state index contributed by atoms with van der Waals surface area (Å²) in [4.78, 5) is 9.16.